The second kappa shape index (κ2) is 5.98. The van der Waals surface area contributed by atoms with Crippen molar-refractivity contribution in [2.75, 3.05) is 43.9 Å². The van der Waals surface area contributed by atoms with E-state index < -0.39 is 20.8 Å². The zero-order valence-electron chi connectivity index (χ0n) is 10.8. The molecule has 0 saturated carbocycles. The maximum Gasteiger partial charge on any atom is 0.211 e. The molecule has 2 heterocycles. The number of nitrogens with zero attached hydrogens (tertiary/aromatic N) is 1. The minimum Gasteiger partial charge on any atom is -0.316 e. The van der Waals surface area contributed by atoms with E-state index in [2.05, 4.69) is 5.32 Å². The first-order valence-corrected chi connectivity index (χ1v) is 9.79. The van der Waals surface area contributed by atoms with Crippen LogP contribution in [0.5, 0.6) is 0 Å². The van der Waals surface area contributed by atoms with Gasteiger partial charge >= 0.3 is 0 Å². The van der Waals surface area contributed by atoms with Crippen LogP contribution < -0.4 is 5.32 Å². The van der Waals surface area contributed by atoms with Crippen molar-refractivity contribution in [2.45, 2.75) is 12.8 Å². The van der Waals surface area contributed by atoms with Gasteiger partial charge in [-0.05, 0) is 24.7 Å². The fourth-order valence-electron chi connectivity index (χ4n) is 2.52. The van der Waals surface area contributed by atoms with Gasteiger partial charge < -0.3 is 5.32 Å². The fourth-order valence-corrected chi connectivity index (χ4v) is 5.16. The molecule has 0 aromatic rings. The van der Waals surface area contributed by atoms with Crippen LogP contribution in [0, 0.1) is 11.8 Å². The average molecular weight is 294 g/mol. The summed E-state index contributed by atoms with van der Waals surface area (Å²) < 4.78 is 36.5. The Morgan fingerprint density at radius 1 is 1.28 bits per heavy atom. The van der Waals surface area contributed by atoms with E-state index in [1.54, 1.807) is 0 Å². The summed E-state index contributed by atoms with van der Waals surface area (Å²) in [5.41, 5.74) is 0. The van der Waals surface area contributed by atoms with E-state index in [1.807, 2.05) is 0 Å². The second-order valence-corrected chi connectivity index (χ2v) is 8.96. The van der Waals surface area contributed by atoms with Crippen LogP contribution in [0.3, 0.4) is 0 Å². The summed E-state index contributed by atoms with van der Waals surface area (Å²) in [6.07, 6.45) is 3.15. The van der Waals surface area contributed by atoms with Crippen molar-refractivity contribution in [3.05, 3.63) is 0 Å². The Morgan fingerprint density at radius 3 is 2.50 bits per heavy atom. The maximum atomic E-state index is 12.0. The summed E-state index contributed by atoms with van der Waals surface area (Å²) >= 11 is 0. The monoisotopic (exact) mass is 294 g/mol. The molecule has 0 bridgehead atoms. The van der Waals surface area contributed by atoms with Gasteiger partial charge in [-0.15, -0.1) is 0 Å². The number of piperidine rings is 1. The molecule has 2 atom stereocenters. The number of nitrogens with one attached hydrogen (secondary N) is 1. The average Bonchev–Trinajstić information content (AvgIpc) is 2.23. The Hall–Kier alpha value is 0.0200. The highest BCUT2D eigenvalue weighted by molar-refractivity contribution is 7.88. The summed E-state index contributed by atoms with van der Waals surface area (Å²) in [6.45, 7) is 3.12. The van der Waals surface area contributed by atoms with Crippen molar-refractivity contribution in [1.82, 2.24) is 9.62 Å². The normalized spacial score (nSPS) is 28.8. The molecular formula is C11H22N2O3S2. The van der Waals surface area contributed by atoms with Crippen LogP contribution in [0.1, 0.15) is 12.8 Å². The molecule has 2 aliphatic rings. The first-order valence-electron chi connectivity index (χ1n) is 6.46. The lowest BCUT2D eigenvalue weighted by molar-refractivity contribution is 0.284. The molecular weight excluding hydrogens is 272 g/mol. The highest BCUT2D eigenvalue weighted by Gasteiger charge is 2.28. The molecule has 2 saturated heterocycles. The second-order valence-electron chi connectivity index (χ2n) is 5.43. The Bertz CT molecular complexity index is 407. The number of sulfonamides is 1. The minimum absolute atomic E-state index is 0.266. The molecule has 5 nitrogen and oxygen atoms in total. The fraction of sp³-hybridized carbons (Fsp3) is 1.00. The summed E-state index contributed by atoms with van der Waals surface area (Å²) in [5.74, 6) is 2.24. The maximum absolute atomic E-state index is 12.0. The SMILES string of the molecule is CS(=O)(=O)N1CCCC(CS(=O)CC2CNC2)C1. The van der Waals surface area contributed by atoms with Crippen LogP contribution in [0.4, 0.5) is 0 Å². The van der Waals surface area contributed by atoms with Crippen LogP contribution in [0.15, 0.2) is 0 Å². The molecule has 2 rings (SSSR count). The van der Waals surface area contributed by atoms with E-state index in [9.17, 15) is 12.6 Å². The molecule has 18 heavy (non-hydrogen) atoms. The van der Waals surface area contributed by atoms with Gasteiger partial charge in [-0.25, -0.2) is 12.7 Å². The van der Waals surface area contributed by atoms with Gasteiger partial charge in [-0.2, -0.15) is 0 Å². The lowest BCUT2D eigenvalue weighted by atomic mass is 10.0. The lowest BCUT2D eigenvalue weighted by Gasteiger charge is -2.31. The van der Waals surface area contributed by atoms with Crippen LogP contribution in [-0.4, -0.2) is 60.9 Å². The smallest absolute Gasteiger partial charge is 0.211 e. The lowest BCUT2D eigenvalue weighted by Crippen LogP contribution is -2.46. The number of hydrogen-bond donors (Lipinski definition) is 1. The van der Waals surface area contributed by atoms with Crippen molar-refractivity contribution < 1.29 is 12.6 Å². The van der Waals surface area contributed by atoms with Crippen molar-refractivity contribution in [1.29, 1.82) is 0 Å². The van der Waals surface area contributed by atoms with Gasteiger partial charge in [0.15, 0.2) is 0 Å². The highest BCUT2D eigenvalue weighted by Crippen LogP contribution is 2.20. The zero-order chi connectivity index (χ0) is 13.2. The quantitative estimate of drug-likeness (QED) is 0.751. The Morgan fingerprint density at radius 2 is 1.94 bits per heavy atom. The Balaban J connectivity index is 1.79. The Labute approximate surface area is 112 Å². The van der Waals surface area contributed by atoms with Crippen molar-refractivity contribution in [3.8, 4) is 0 Å². The standard InChI is InChI=1S/C11H22N2O3S2/c1-18(15,16)13-4-2-3-10(7-13)8-17(14)9-11-5-12-6-11/h10-12H,2-9H2,1H3. The first kappa shape index (κ1) is 14.4. The van der Waals surface area contributed by atoms with Gasteiger partial charge in [0.25, 0.3) is 0 Å². The summed E-state index contributed by atoms with van der Waals surface area (Å²) in [6, 6.07) is 0. The predicted molar refractivity (Wildman–Crippen MR) is 73.4 cm³/mol. The summed E-state index contributed by atoms with van der Waals surface area (Å²) in [4.78, 5) is 0. The highest BCUT2D eigenvalue weighted by atomic mass is 32.2. The molecule has 0 aromatic heterocycles. The molecule has 0 amide bonds. The molecule has 7 heteroatoms. The van der Waals surface area contributed by atoms with Crippen molar-refractivity contribution in [2.24, 2.45) is 11.8 Å². The number of rotatable bonds is 5. The van der Waals surface area contributed by atoms with Gasteiger partial charge in [0.05, 0.1) is 6.26 Å². The summed E-state index contributed by atoms with van der Waals surface area (Å²) in [5, 5.41) is 3.18. The van der Waals surface area contributed by atoms with Crippen molar-refractivity contribution in [3.63, 3.8) is 0 Å². The third-order valence-electron chi connectivity index (χ3n) is 3.66. The third kappa shape index (κ3) is 4.01. The van der Waals surface area contributed by atoms with Gasteiger partial charge in [0.1, 0.15) is 0 Å². The van der Waals surface area contributed by atoms with E-state index in [0.29, 0.717) is 24.8 Å². The molecule has 2 aliphatic heterocycles. The van der Waals surface area contributed by atoms with Crippen molar-refractivity contribution >= 4 is 20.8 Å². The van der Waals surface area contributed by atoms with Crippen LogP contribution in [-0.2, 0) is 20.8 Å². The van der Waals surface area contributed by atoms with Gasteiger partial charge in [-0.1, -0.05) is 0 Å². The first-order chi connectivity index (χ1) is 8.45. The molecule has 0 radical (unpaired) electrons. The topological polar surface area (TPSA) is 66.5 Å². The number of hydrogen-bond acceptors (Lipinski definition) is 4. The molecule has 0 spiro atoms. The van der Waals surface area contributed by atoms with E-state index >= 15 is 0 Å². The molecule has 106 valence electrons. The largest absolute Gasteiger partial charge is 0.316 e. The minimum atomic E-state index is -3.09. The van der Waals surface area contributed by atoms with E-state index in [-0.39, 0.29) is 5.92 Å². The molecule has 2 unspecified atom stereocenters. The van der Waals surface area contributed by atoms with Crippen LogP contribution >= 0.6 is 0 Å². The van der Waals surface area contributed by atoms with E-state index in [4.69, 9.17) is 0 Å². The zero-order valence-corrected chi connectivity index (χ0v) is 12.4. The van der Waals surface area contributed by atoms with Gasteiger partial charge in [0, 0.05) is 48.5 Å². The van der Waals surface area contributed by atoms with Crippen LogP contribution in [0.2, 0.25) is 0 Å². The third-order valence-corrected chi connectivity index (χ3v) is 6.62. The molecule has 2 fully saturated rings. The van der Waals surface area contributed by atoms with E-state index in [0.717, 1.165) is 31.7 Å². The predicted octanol–water partition coefficient (Wildman–Crippen LogP) is -0.374. The molecule has 1 N–H and O–H groups in total. The van der Waals surface area contributed by atoms with Crippen LogP contribution in [0.25, 0.3) is 0 Å². The van der Waals surface area contributed by atoms with E-state index in [1.165, 1.54) is 10.6 Å². The molecule has 0 aliphatic carbocycles. The Kier molecular flexibility index (Phi) is 4.80. The molecule has 0 aromatic carbocycles. The summed E-state index contributed by atoms with van der Waals surface area (Å²) in [7, 11) is -3.89. The van der Waals surface area contributed by atoms with Gasteiger partial charge in [-0.3, -0.25) is 4.21 Å². The van der Waals surface area contributed by atoms with Gasteiger partial charge in [0.2, 0.25) is 10.0 Å².